The maximum Gasteiger partial charge on any atom is 0.309 e. The highest BCUT2D eigenvalue weighted by Gasteiger charge is 2.57. The topological polar surface area (TPSA) is 46.5 Å². The lowest BCUT2D eigenvalue weighted by atomic mass is 9.78. The van der Waals surface area contributed by atoms with E-state index in [1.165, 1.54) is 6.42 Å². The van der Waals surface area contributed by atoms with Gasteiger partial charge in [0.15, 0.2) is 0 Å². The molecule has 0 amide bonds. The van der Waals surface area contributed by atoms with E-state index in [2.05, 4.69) is 0 Å². The molecule has 3 heteroatoms. The minimum atomic E-state index is -0.558. The van der Waals surface area contributed by atoms with Crippen molar-refractivity contribution in [2.75, 3.05) is 6.61 Å². The molecule has 0 bridgehead atoms. The van der Waals surface area contributed by atoms with Crippen LogP contribution in [0.1, 0.15) is 44.9 Å². The summed E-state index contributed by atoms with van der Waals surface area (Å²) in [5, 5.41) is 9.44. The van der Waals surface area contributed by atoms with E-state index in [1.54, 1.807) is 0 Å². The Hall–Kier alpha value is -0.570. The Bertz CT molecular complexity index is 284. The quantitative estimate of drug-likeness (QED) is 0.797. The molecule has 16 heavy (non-hydrogen) atoms. The van der Waals surface area contributed by atoms with E-state index in [4.69, 9.17) is 4.74 Å². The third kappa shape index (κ3) is 1.75. The van der Waals surface area contributed by atoms with Gasteiger partial charge < -0.3 is 9.84 Å². The first-order valence-electron chi connectivity index (χ1n) is 6.55. The van der Waals surface area contributed by atoms with E-state index in [0.29, 0.717) is 6.10 Å². The smallest absolute Gasteiger partial charge is 0.309 e. The Morgan fingerprint density at radius 2 is 2.12 bits per heavy atom. The van der Waals surface area contributed by atoms with Crippen molar-refractivity contribution in [1.82, 2.24) is 0 Å². The van der Waals surface area contributed by atoms with Gasteiger partial charge in [0, 0.05) is 6.61 Å². The zero-order chi connectivity index (χ0) is 11.2. The van der Waals surface area contributed by atoms with Gasteiger partial charge in [-0.15, -0.1) is 0 Å². The van der Waals surface area contributed by atoms with Gasteiger partial charge in [0.05, 0.1) is 11.5 Å². The van der Waals surface area contributed by atoms with E-state index in [0.717, 1.165) is 57.0 Å². The van der Waals surface area contributed by atoms with Crippen LogP contribution in [0.4, 0.5) is 0 Å². The molecule has 2 saturated carbocycles. The molecule has 2 aliphatic carbocycles. The van der Waals surface area contributed by atoms with Gasteiger partial charge in [-0.25, -0.2) is 0 Å². The average molecular weight is 224 g/mol. The lowest BCUT2D eigenvalue weighted by Gasteiger charge is -2.27. The van der Waals surface area contributed by atoms with E-state index >= 15 is 0 Å². The zero-order valence-corrected chi connectivity index (χ0v) is 9.65. The van der Waals surface area contributed by atoms with Gasteiger partial charge in [0.1, 0.15) is 0 Å². The van der Waals surface area contributed by atoms with Crippen molar-refractivity contribution < 1.29 is 14.6 Å². The second-order valence-electron chi connectivity index (χ2n) is 5.92. The molecule has 3 fully saturated rings. The van der Waals surface area contributed by atoms with Crippen LogP contribution in [-0.4, -0.2) is 23.8 Å². The number of ether oxygens (including phenoxy) is 1. The normalized spacial score (nSPS) is 45.6. The fourth-order valence-corrected chi connectivity index (χ4v) is 3.69. The second kappa shape index (κ2) is 3.73. The fourth-order valence-electron chi connectivity index (χ4n) is 3.69. The predicted octanol–water partition coefficient (Wildman–Crippen LogP) is 2.45. The summed E-state index contributed by atoms with van der Waals surface area (Å²) < 4.78 is 5.58. The average Bonchev–Trinajstić information content (AvgIpc) is 2.73. The molecule has 1 heterocycles. The van der Waals surface area contributed by atoms with Crippen molar-refractivity contribution >= 4 is 5.97 Å². The standard InChI is InChI=1S/C13H20O3/c14-12(15)13(7-9-6-10(9)8-13)4-3-11-2-1-5-16-11/h9-11H,1-8H2,(H,14,15). The van der Waals surface area contributed by atoms with Gasteiger partial charge in [-0.2, -0.15) is 0 Å². The van der Waals surface area contributed by atoms with Gasteiger partial charge in [-0.3, -0.25) is 4.79 Å². The maximum atomic E-state index is 11.5. The van der Waals surface area contributed by atoms with Gasteiger partial charge in [0.2, 0.25) is 0 Å². The van der Waals surface area contributed by atoms with Gasteiger partial charge in [0.25, 0.3) is 0 Å². The summed E-state index contributed by atoms with van der Waals surface area (Å²) in [6.45, 7) is 0.871. The minimum absolute atomic E-state index is 0.341. The molecule has 90 valence electrons. The molecule has 1 saturated heterocycles. The highest BCUT2D eigenvalue weighted by molar-refractivity contribution is 5.75. The third-order valence-corrected chi connectivity index (χ3v) is 4.80. The van der Waals surface area contributed by atoms with Crippen LogP contribution in [0.3, 0.4) is 0 Å². The Labute approximate surface area is 96.2 Å². The van der Waals surface area contributed by atoms with Crippen molar-refractivity contribution in [3.63, 3.8) is 0 Å². The van der Waals surface area contributed by atoms with Crippen molar-refractivity contribution in [2.45, 2.75) is 51.0 Å². The largest absolute Gasteiger partial charge is 0.481 e. The number of fused-ring (bicyclic) bond motifs is 1. The Kier molecular flexibility index (Phi) is 2.46. The van der Waals surface area contributed by atoms with Gasteiger partial charge in [-0.1, -0.05) is 0 Å². The van der Waals surface area contributed by atoms with E-state index in [-0.39, 0.29) is 5.41 Å². The van der Waals surface area contributed by atoms with Crippen LogP contribution in [-0.2, 0) is 9.53 Å². The zero-order valence-electron chi connectivity index (χ0n) is 9.65. The maximum absolute atomic E-state index is 11.5. The highest BCUT2D eigenvalue weighted by atomic mass is 16.5. The number of carbonyl (C=O) groups is 1. The van der Waals surface area contributed by atoms with Gasteiger partial charge in [-0.05, 0) is 56.8 Å². The number of hydrogen-bond donors (Lipinski definition) is 1. The SMILES string of the molecule is O=C(O)C1(CCC2CCCO2)CC2CC2C1. The van der Waals surface area contributed by atoms with Crippen LogP contribution in [0.15, 0.2) is 0 Å². The number of aliphatic carboxylic acids is 1. The second-order valence-corrected chi connectivity index (χ2v) is 5.92. The monoisotopic (exact) mass is 224 g/mol. The molecule has 3 nitrogen and oxygen atoms in total. The molecule has 0 aromatic carbocycles. The van der Waals surface area contributed by atoms with Crippen molar-refractivity contribution in [1.29, 1.82) is 0 Å². The van der Waals surface area contributed by atoms with E-state index in [1.807, 2.05) is 0 Å². The molecule has 1 N–H and O–H groups in total. The summed E-state index contributed by atoms with van der Waals surface area (Å²) in [5.74, 6) is 0.916. The summed E-state index contributed by atoms with van der Waals surface area (Å²) >= 11 is 0. The lowest BCUT2D eigenvalue weighted by Crippen LogP contribution is -2.30. The lowest BCUT2D eigenvalue weighted by molar-refractivity contribution is -0.150. The first-order chi connectivity index (χ1) is 7.70. The third-order valence-electron chi connectivity index (χ3n) is 4.80. The van der Waals surface area contributed by atoms with Crippen LogP contribution in [0, 0.1) is 17.3 Å². The number of hydrogen-bond acceptors (Lipinski definition) is 2. The first kappa shape index (κ1) is 10.6. The first-order valence-corrected chi connectivity index (χ1v) is 6.55. The highest BCUT2D eigenvalue weighted by Crippen LogP contribution is 2.61. The van der Waals surface area contributed by atoms with Crippen molar-refractivity contribution in [2.24, 2.45) is 17.3 Å². The molecule has 3 unspecified atom stereocenters. The predicted molar refractivity (Wildman–Crippen MR) is 59.1 cm³/mol. The molecular formula is C13H20O3. The molecule has 3 atom stereocenters. The Morgan fingerprint density at radius 1 is 1.38 bits per heavy atom. The van der Waals surface area contributed by atoms with Crippen LogP contribution in [0.2, 0.25) is 0 Å². The van der Waals surface area contributed by atoms with E-state index < -0.39 is 5.97 Å². The number of carboxylic acids is 1. The molecule has 3 aliphatic rings. The summed E-state index contributed by atoms with van der Waals surface area (Å²) in [5.41, 5.74) is -0.389. The molecule has 0 aromatic rings. The van der Waals surface area contributed by atoms with Crippen LogP contribution in [0.5, 0.6) is 0 Å². The van der Waals surface area contributed by atoms with Crippen molar-refractivity contribution in [3.05, 3.63) is 0 Å². The Balaban J connectivity index is 1.59. The fraction of sp³-hybridized carbons (Fsp3) is 0.923. The Morgan fingerprint density at radius 3 is 2.69 bits per heavy atom. The number of rotatable bonds is 4. The molecule has 1 aliphatic heterocycles. The molecule has 3 rings (SSSR count). The molecule has 0 radical (unpaired) electrons. The summed E-state index contributed by atoms with van der Waals surface area (Å²) in [6.07, 6.45) is 7.55. The summed E-state index contributed by atoms with van der Waals surface area (Å²) in [6, 6.07) is 0. The van der Waals surface area contributed by atoms with Crippen LogP contribution >= 0.6 is 0 Å². The molecule has 0 spiro atoms. The van der Waals surface area contributed by atoms with Crippen LogP contribution in [0.25, 0.3) is 0 Å². The molecular weight excluding hydrogens is 204 g/mol. The minimum Gasteiger partial charge on any atom is -0.481 e. The van der Waals surface area contributed by atoms with Crippen LogP contribution < -0.4 is 0 Å². The van der Waals surface area contributed by atoms with Gasteiger partial charge >= 0.3 is 5.97 Å². The van der Waals surface area contributed by atoms with E-state index in [9.17, 15) is 9.90 Å². The van der Waals surface area contributed by atoms with Crippen molar-refractivity contribution in [3.8, 4) is 0 Å². The summed E-state index contributed by atoms with van der Waals surface area (Å²) in [4.78, 5) is 11.5. The number of carboxylic acid groups (broad SMARTS) is 1. The molecule has 0 aromatic heterocycles. The summed E-state index contributed by atoms with van der Waals surface area (Å²) in [7, 11) is 0.